The summed E-state index contributed by atoms with van der Waals surface area (Å²) in [7, 11) is 0. The molecule has 2 fully saturated rings. The SMILES string of the molecule is C=CC(=O)N1CCCC1C(=O)NC1CCCC(Nc2ncc(Cl)c(-c3c[nH]c4ccccc34)n2)C1. The molecule has 1 aliphatic carbocycles. The van der Waals surface area contributed by atoms with E-state index in [-0.39, 0.29) is 23.9 Å². The molecule has 9 heteroatoms. The monoisotopic (exact) mass is 492 g/mol. The summed E-state index contributed by atoms with van der Waals surface area (Å²) >= 11 is 6.47. The van der Waals surface area contributed by atoms with Crippen LogP contribution in [-0.4, -0.2) is 56.3 Å². The zero-order valence-corrected chi connectivity index (χ0v) is 20.2. The van der Waals surface area contributed by atoms with Crippen LogP contribution in [0.3, 0.4) is 0 Å². The van der Waals surface area contributed by atoms with Gasteiger partial charge in [-0.05, 0) is 50.7 Å². The third-order valence-corrected chi connectivity index (χ3v) is 7.23. The maximum atomic E-state index is 12.9. The third-order valence-electron chi connectivity index (χ3n) is 6.96. The van der Waals surface area contributed by atoms with E-state index in [9.17, 15) is 9.59 Å². The lowest BCUT2D eigenvalue weighted by molar-refractivity contribution is -0.135. The number of likely N-dealkylation sites (tertiary alicyclic amines) is 1. The first-order valence-electron chi connectivity index (χ1n) is 12.1. The highest BCUT2D eigenvalue weighted by atomic mass is 35.5. The van der Waals surface area contributed by atoms with Crippen molar-refractivity contribution >= 4 is 40.3 Å². The van der Waals surface area contributed by atoms with Crippen molar-refractivity contribution in [3.8, 4) is 11.3 Å². The number of H-pyrrole nitrogens is 1. The molecule has 0 spiro atoms. The van der Waals surface area contributed by atoms with Gasteiger partial charge in [0.1, 0.15) is 6.04 Å². The zero-order valence-electron chi connectivity index (χ0n) is 19.5. The van der Waals surface area contributed by atoms with E-state index in [1.165, 1.54) is 6.08 Å². The Hall–Kier alpha value is -3.39. The fourth-order valence-electron chi connectivity index (χ4n) is 5.25. The van der Waals surface area contributed by atoms with E-state index in [1.54, 1.807) is 11.1 Å². The molecule has 3 N–H and O–H groups in total. The van der Waals surface area contributed by atoms with Crippen LogP contribution in [0.1, 0.15) is 38.5 Å². The first-order valence-corrected chi connectivity index (χ1v) is 12.5. The Morgan fingerprint density at radius 2 is 2.00 bits per heavy atom. The van der Waals surface area contributed by atoms with Gasteiger partial charge in [-0.1, -0.05) is 36.4 Å². The molecule has 3 heterocycles. The lowest BCUT2D eigenvalue weighted by Crippen LogP contribution is -2.50. The van der Waals surface area contributed by atoms with Crippen LogP contribution in [0.25, 0.3) is 22.2 Å². The summed E-state index contributed by atoms with van der Waals surface area (Å²) < 4.78 is 0. The van der Waals surface area contributed by atoms with Crippen molar-refractivity contribution in [1.29, 1.82) is 0 Å². The number of aromatic nitrogens is 3. The van der Waals surface area contributed by atoms with Gasteiger partial charge in [-0.15, -0.1) is 0 Å². The molecule has 1 saturated carbocycles. The number of aromatic amines is 1. The molecule has 182 valence electrons. The summed E-state index contributed by atoms with van der Waals surface area (Å²) in [5.41, 5.74) is 2.63. The van der Waals surface area contributed by atoms with Gasteiger partial charge < -0.3 is 20.5 Å². The minimum Gasteiger partial charge on any atom is -0.360 e. The summed E-state index contributed by atoms with van der Waals surface area (Å²) in [5, 5.41) is 8.16. The van der Waals surface area contributed by atoms with Crippen LogP contribution in [0.2, 0.25) is 5.02 Å². The smallest absolute Gasteiger partial charge is 0.246 e. The van der Waals surface area contributed by atoms with Gasteiger partial charge >= 0.3 is 0 Å². The first-order chi connectivity index (χ1) is 17.0. The molecular weight excluding hydrogens is 464 g/mol. The molecule has 1 aromatic carbocycles. The Morgan fingerprint density at radius 1 is 1.17 bits per heavy atom. The van der Waals surface area contributed by atoms with Crippen LogP contribution >= 0.6 is 11.6 Å². The maximum absolute atomic E-state index is 12.9. The molecule has 2 aromatic heterocycles. The van der Waals surface area contributed by atoms with Crippen molar-refractivity contribution < 1.29 is 9.59 Å². The maximum Gasteiger partial charge on any atom is 0.246 e. The fourth-order valence-corrected chi connectivity index (χ4v) is 5.44. The molecule has 0 radical (unpaired) electrons. The summed E-state index contributed by atoms with van der Waals surface area (Å²) in [5.74, 6) is 0.259. The van der Waals surface area contributed by atoms with Crippen molar-refractivity contribution in [3.63, 3.8) is 0 Å². The molecule has 5 rings (SSSR count). The van der Waals surface area contributed by atoms with Crippen molar-refractivity contribution in [2.45, 2.75) is 56.7 Å². The zero-order chi connectivity index (χ0) is 24.4. The average Bonchev–Trinajstić information content (AvgIpc) is 3.53. The van der Waals surface area contributed by atoms with Crippen LogP contribution in [-0.2, 0) is 9.59 Å². The average molecular weight is 493 g/mol. The number of nitrogens with one attached hydrogen (secondary N) is 3. The standard InChI is InChI=1S/C26H29ClN6O2/c1-2-23(34)33-12-6-11-22(33)25(35)30-16-7-5-8-17(13-16)31-26-29-15-20(27)24(32-26)19-14-28-21-10-4-3-9-18(19)21/h2-4,9-10,14-17,22,28H,1,5-8,11-13H2,(H,30,35)(H,29,31,32). The number of carbonyl (C=O) groups excluding carboxylic acids is 2. The lowest BCUT2D eigenvalue weighted by Gasteiger charge is -2.32. The van der Waals surface area contributed by atoms with Crippen molar-refractivity contribution in [2.75, 3.05) is 11.9 Å². The molecular formula is C26H29ClN6O2. The second-order valence-electron chi connectivity index (χ2n) is 9.25. The number of fused-ring (bicyclic) bond motifs is 1. The van der Waals surface area contributed by atoms with Crippen molar-refractivity contribution in [1.82, 2.24) is 25.2 Å². The van der Waals surface area contributed by atoms with Gasteiger partial charge in [0.05, 0.1) is 16.9 Å². The van der Waals surface area contributed by atoms with Crippen LogP contribution in [0, 0.1) is 0 Å². The Balaban J connectivity index is 1.26. The van der Waals surface area contributed by atoms with E-state index in [0.29, 0.717) is 29.6 Å². The minimum absolute atomic E-state index is 0.0374. The Bertz CT molecular complexity index is 1260. The van der Waals surface area contributed by atoms with E-state index >= 15 is 0 Å². The van der Waals surface area contributed by atoms with Gasteiger partial charge in [0.2, 0.25) is 17.8 Å². The molecule has 3 aromatic rings. The van der Waals surface area contributed by atoms with E-state index < -0.39 is 6.04 Å². The predicted molar refractivity (Wildman–Crippen MR) is 137 cm³/mol. The van der Waals surface area contributed by atoms with Crippen LogP contribution in [0.5, 0.6) is 0 Å². The Kier molecular flexibility index (Phi) is 6.72. The summed E-state index contributed by atoms with van der Waals surface area (Å²) in [4.78, 5) is 39.0. The molecule has 1 aliphatic heterocycles. The fraction of sp³-hybridized carbons (Fsp3) is 0.385. The first kappa shape index (κ1) is 23.4. The molecule has 2 amide bonds. The van der Waals surface area contributed by atoms with Gasteiger partial charge in [0, 0.05) is 41.3 Å². The number of rotatable bonds is 6. The summed E-state index contributed by atoms with van der Waals surface area (Å²) in [6.07, 6.45) is 9.96. The van der Waals surface area contributed by atoms with Gasteiger partial charge in [-0.2, -0.15) is 0 Å². The second kappa shape index (κ2) is 10.1. The van der Waals surface area contributed by atoms with E-state index in [0.717, 1.165) is 48.6 Å². The number of carbonyl (C=O) groups is 2. The molecule has 8 nitrogen and oxygen atoms in total. The molecule has 1 saturated heterocycles. The summed E-state index contributed by atoms with van der Waals surface area (Å²) in [6, 6.07) is 7.78. The van der Waals surface area contributed by atoms with Gasteiger partial charge in [0.15, 0.2) is 0 Å². The highest BCUT2D eigenvalue weighted by molar-refractivity contribution is 6.33. The van der Waals surface area contributed by atoms with Crippen LogP contribution in [0.4, 0.5) is 5.95 Å². The lowest BCUT2D eigenvalue weighted by atomic mass is 9.90. The summed E-state index contributed by atoms with van der Waals surface area (Å²) in [6.45, 7) is 4.16. The van der Waals surface area contributed by atoms with Crippen LogP contribution in [0.15, 0.2) is 49.3 Å². The third kappa shape index (κ3) is 4.89. The number of anilines is 1. The quantitative estimate of drug-likeness (QED) is 0.445. The van der Waals surface area contributed by atoms with Crippen molar-refractivity contribution in [3.05, 3.63) is 54.3 Å². The molecule has 3 atom stereocenters. The predicted octanol–water partition coefficient (Wildman–Crippen LogP) is 4.29. The van der Waals surface area contributed by atoms with Crippen molar-refractivity contribution in [2.24, 2.45) is 0 Å². The number of hydrogen-bond acceptors (Lipinski definition) is 5. The number of amides is 2. The van der Waals surface area contributed by atoms with Crippen LogP contribution < -0.4 is 10.6 Å². The molecule has 0 bridgehead atoms. The highest BCUT2D eigenvalue weighted by Gasteiger charge is 2.34. The Labute approximate surface area is 209 Å². The van der Waals surface area contributed by atoms with Gasteiger partial charge in [-0.3, -0.25) is 9.59 Å². The number of nitrogens with zero attached hydrogens (tertiary/aromatic N) is 3. The Morgan fingerprint density at radius 3 is 2.86 bits per heavy atom. The van der Waals surface area contributed by atoms with E-state index in [1.807, 2.05) is 30.5 Å². The normalized spacial score (nSPS) is 22.2. The number of halogens is 1. The molecule has 35 heavy (non-hydrogen) atoms. The topological polar surface area (TPSA) is 103 Å². The highest BCUT2D eigenvalue weighted by Crippen LogP contribution is 2.33. The second-order valence-corrected chi connectivity index (χ2v) is 9.65. The minimum atomic E-state index is -0.410. The number of para-hydroxylation sites is 1. The van der Waals surface area contributed by atoms with E-state index in [4.69, 9.17) is 16.6 Å². The number of benzene rings is 1. The molecule has 3 unspecified atom stereocenters. The molecule has 2 aliphatic rings. The van der Waals surface area contributed by atoms with E-state index in [2.05, 4.69) is 27.2 Å². The number of hydrogen-bond donors (Lipinski definition) is 3. The van der Waals surface area contributed by atoms with Gasteiger partial charge in [0.25, 0.3) is 0 Å². The van der Waals surface area contributed by atoms with Gasteiger partial charge in [-0.25, -0.2) is 9.97 Å². The largest absolute Gasteiger partial charge is 0.360 e.